The Hall–Kier alpha value is -4.96. The molecule has 0 aliphatic carbocycles. The summed E-state index contributed by atoms with van der Waals surface area (Å²) in [6.45, 7) is 3.91. The molecule has 7 heteroatoms. The van der Waals surface area contributed by atoms with E-state index in [9.17, 15) is 15.2 Å². The molecule has 7 nitrogen and oxygen atoms in total. The van der Waals surface area contributed by atoms with Crippen LogP contribution >= 0.6 is 0 Å². The first-order valence-electron chi connectivity index (χ1n) is 11.5. The zero-order valence-corrected chi connectivity index (χ0v) is 19.9. The van der Waals surface area contributed by atoms with Gasteiger partial charge in [0, 0.05) is 40.7 Å². The Morgan fingerprint density at radius 2 is 1.83 bits per heavy atom. The Morgan fingerprint density at radius 1 is 1.06 bits per heavy atom. The Kier molecular flexibility index (Phi) is 4.66. The summed E-state index contributed by atoms with van der Waals surface area (Å²) in [6, 6.07) is 19.4. The van der Waals surface area contributed by atoms with Crippen molar-refractivity contribution in [3.63, 3.8) is 0 Å². The molecule has 0 aliphatic heterocycles. The number of hydrogen-bond donors (Lipinski definition) is 2. The molecule has 0 spiro atoms. The van der Waals surface area contributed by atoms with Crippen molar-refractivity contribution in [3.05, 3.63) is 83.2 Å². The average Bonchev–Trinajstić information content (AvgIpc) is 3.41. The molecule has 0 fully saturated rings. The van der Waals surface area contributed by atoms with Gasteiger partial charge in [0.1, 0.15) is 6.07 Å². The van der Waals surface area contributed by atoms with E-state index in [1.807, 2.05) is 63.5 Å². The van der Waals surface area contributed by atoms with Gasteiger partial charge in [-0.15, -0.1) is 0 Å². The lowest BCUT2D eigenvalue weighted by molar-refractivity contribution is 0.0699. The molecule has 36 heavy (non-hydrogen) atoms. The SMILES string of the molecule is Cc1ccc2[nH]cc(-c3nc4c(c(C)nn4C)c(-c4cccc5cccc(C(=O)O)c45)c3C#N)c2c1. The summed E-state index contributed by atoms with van der Waals surface area (Å²) in [5.41, 5.74) is 6.61. The van der Waals surface area contributed by atoms with Crippen LogP contribution in [0.5, 0.6) is 0 Å². The minimum atomic E-state index is -1.02. The quantitative estimate of drug-likeness (QED) is 0.323. The number of nitrogens with zero attached hydrogens (tertiary/aromatic N) is 4. The second-order valence-electron chi connectivity index (χ2n) is 9.00. The van der Waals surface area contributed by atoms with E-state index in [0.717, 1.165) is 38.5 Å². The number of nitrogens with one attached hydrogen (secondary N) is 1. The summed E-state index contributed by atoms with van der Waals surface area (Å²) in [7, 11) is 1.83. The van der Waals surface area contributed by atoms with Crippen LogP contribution in [0.25, 0.3) is 55.1 Å². The van der Waals surface area contributed by atoms with Crippen LogP contribution < -0.4 is 0 Å². The van der Waals surface area contributed by atoms with Crippen molar-refractivity contribution in [3.8, 4) is 28.5 Å². The molecule has 0 amide bonds. The second kappa shape index (κ2) is 7.79. The number of aryl methyl sites for hydroxylation is 3. The van der Waals surface area contributed by atoms with Crippen molar-refractivity contribution in [2.75, 3.05) is 0 Å². The highest BCUT2D eigenvalue weighted by atomic mass is 16.4. The molecule has 0 saturated heterocycles. The fraction of sp³-hybridized carbons (Fsp3) is 0.103. The second-order valence-corrected chi connectivity index (χ2v) is 9.00. The minimum Gasteiger partial charge on any atom is -0.478 e. The van der Waals surface area contributed by atoms with Crippen molar-refractivity contribution >= 4 is 38.7 Å². The largest absolute Gasteiger partial charge is 0.478 e. The lowest BCUT2D eigenvalue weighted by Crippen LogP contribution is -2.01. The first kappa shape index (κ1) is 21.6. The fourth-order valence-electron chi connectivity index (χ4n) is 5.20. The maximum absolute atomic E-state index is 12.2. The highest BCUT2D eigenvalue weighted by molar-refractivity contribution is 6.15. The number of pyridine rings is 1. The highest BCUT2D eigenvalue weighted by Gasteiger charge is 2.25. The monoisotopic (exact) mass is 471 g/mol. The van der Waals surface area contributed by atoms with Crippen molar-refractivity contribution in [2.24, 2.45) is 7.05 Å². The van der Waals surface area contributed by atoms with Crippen molar-refractivity contribution < 1.29 is 9.90 Å². The molecule has 6 rings (SSSR count). The Morgan fingerprint density at radius 3 is 2.58 bits per heavy atom. The fourth-order valence-corrected chi connectivity index (χ4v) is 5.20. The van der Waals surface area contributed by atoms with Gasteiger partial charge in [0.25, 0.3) is 0 Å². The van der Waals surface area contributed by atoms with E-state index in [1.165, 1.54) is 0 Å². The third-order valence-corrected chi connectivity index (χ3v) is 6.76. The number of hydrogen-bond acceptors (Lipinski definition) is 4. The molecule has 0 atom stereocenters. The first-order chi connectivity index (χ1) is 17.4. The van der Waals surface area contributed by atoms with E-state index >= 15 is 0 Å². The van der Waals surface area contributed by atoms with Crippen molar-refractivity contribution in [2.45, 2.75) is 13.8 Å². The van der Waals surface area contributed by atoms with Crippen LogP contribution in [-0.2, 0) is 7.05 Å². The average molecular weight is 472 g/mol. The smallest absolute Gasteiger partial charge is 0.336 e. The molecule has 174 valence electrons. The van der Waals surface area contributed by atoms with Gasteiger partial charge < -0.3 is 10.1 Å². The predicted octanol–water partition coefficient (Wildman–Crippen LogP) is 6.12. The van der Waals surface area contributed by atoms with Crippen LogP contribution in [0.1, 0.15) is 27.2 Å². The molecule has 0 saturated carbocycles. The Bertz CT molecular complexity index is 1920. The number of H-pyrrole nitrogens is 1. The zero-order chi connectivity index (χ0) is 25.1. The van der Waals surface area contributed by atoms with Gasteiger partial charge in [-0.1, -0.05) is 42.0 Å². The summed E-state index contributed by atoms with van der Waals surface area (Å²) in [6.07, 6.45) is 1.87. The van der Waals surface area contributed by atoms with Crippen molar-refractivity contribution in [1.29, 1.82) is 5.26 Å². The molecular weight excluding hydrogens is 450 g/mol. The van der Waals surface area contributed by atoms with E-state index < -0.39 is 5.97 Å². The summed E-state index contributed by atoms with van der Waals surface area (Å²) in [5.74, 6) is -1.02. The van der Waals surface area contributed by atoms with Gasteiger partial charge in [-0.3, -0.25) is 4.68 Å². The summed E-state index contributed by atoms with van der Waals surface area (Å²) in [4.78, 5) is 20.5. The normalized spacial score (nSPS) is 11.4. The third kappa shape index (κ3) is 3.01. The van der Waals surface area contributed by atoms with Gasteiger partial charge in [0.2, 0.25) is 0 Å². The Labute approximate surface area is 206 Å². The summed E-state index contributed by atoms with van der Waals surface area (Å²) >= 11 is 0. The third-order valence-electron chi connectivity index (χ3n) is 6.76. The van der Waals surface area contributed by atoms with Gasteiger partial charge in [0.15, 0.2) is 5.65 Å². The predicted molar refractivity (Wildman–Crippen MR) is 140 cm³/mol. The minimum absolute atomic E-state index is 0.183. The van der Waals surface area contributed by atoms with Crippen LogP contribution in [0.2, 0.25) is 0 Å². The van der Waals surface area contributed by atoms with Gasteiger partial charge >= 0.3 is 5.97 Å². The maximum Gasteiger partial charge on any atom is 0.336 e. The topological polar surface area (TPSA) is 108 Å². The van der Waals surface area contributed by atoms with Crippen LogP contribution in [0, 0.1) is 25.2 Å². The van der Waals surface area contributed by atoms with Crippen LogP contribution in [0.15, 0.2) is 60.8 Å². The lowest BCUT2D eigenvalue weighted by atomic mass is 9.88. The molecule has 0 aliphatic rings. The number of aromatic nitrogens is 4. The van der Waals surface area contributed by atoms with E-state index in [-0.39, 0.29) is 5.56 Å². The van der Waals surface area contributed by atoms with Crippen LogP contribution in [0.3, 0.4) is 0 Å². The molecule has 0 radical (unpaired) electrons. The number of rotatable bonds is 3. The van der Waals surface area contributed by atoms with Gasteiger partial charge in [0.05, 0.1) is 27.9 Å². The van der Waals surface area contributed by atoms with Crippen molar-refractivity contribution in [1.82, 2.24) is 19.7 Å². The van der Waals surface area contributed by atoms with E-state index in [4.69, 9.17) is 4.98 Å². The van der Waals surface area contributed by atoms with Gasteiger partial charge in [-0.05, 0) is 43.0 Å². The first-order valence-corrected chi connectivity index (χ1v) is 11.5. The zero-order valence-electron chi connectivity index (χ0n) is 19.9. The molecule has 6 aromatic rings. The van der Waals surface area contributed by atoms with E-state index in [0.29, 0.717) is 33.4 Å². The number of benzene rings is 3. The number of nitriles is 1. The van der Waals surface area contributed by atoms with E-state index in [1.54, 1.807) is 16.8 Å². The summed E-state index contributed by atoms with van der Waals surface area (Å²) in [5, 5.41) is 28.2. The highest BCUT2D eigenvalue weighted by Crippen LogP contribution is 2.42. The molecule has 0 bridgehead atoms. The standard InChI is InChI=1S/C29H21N5O2/c1-15-10-11-23-20(12-15)22(14-31-23)27-21(13-30)26(24-16(2)33-34(3)28(24)32-27)18-8-4-6-17-7-5-9-19(25(17)18)29(35)36/h4-12,14,31H,1-3H3,(H,35,36). The van der Waals surface area contributed by atoms with Crippen LogP contribution in [0.4, 0.5) is 0 Å². The van der Waals surface area contributed by atoms with Gasteiger partial charge in [-0.25, -0.2) is 9.78 Å². The maximum atomic E-state index is 12.2. The lowest BCUT2D eigenvalue weighted by Gasteiger charge is -2.15. The number of aromatic carboxylic acids is 1. The molecule has 0 unspecified atom stereocenters. The number of carboxylic acid groups (broad SMARTS) is 1. The molecule has 3 aromatic heterocycles. The van der Waals surface area contributed by atoms with Gasteiger partial charge in [-0.2, -0.15) is 10.4 Å². The molecule has 3 aromatic carbocycles. The van der Waals surface area contributed by atoms with Crippen LogP contribution in [-0.4, -0.2) is 30.8 Å². The number of fused-ring (bicyclic) bond motifs is 3. The Balaban J connectivity index is 1.83. The molecule has 3 heterocycles. The molecule has 2 N–H and O–H groups in total. The number of aromatic amines is 1. The summed E-state index contributed by atoms with van der Waals surface area (Å²) < 4.78 is 1.71. The van der Waals surface area contributed by atoms with E-state index in [2.05, 4.69) is 22.2 Å². The molecular formula is C29H21N5O2. The number of carbonyl (C=O) groups is 1. The number of carboxylic acids is 1.